The predicted octanol–water partition coefficient (Wildman–Crippen LogP) is 2.61. The van der Waals surface area contributed by atoms with Crippen LogP contribution >= 0.6 is 22.9 Å². The van der Waals surface area contributed by atoms with Crippen LogP contribution in [0.25, 0.3) is 11.0 Å². The van der Waals surface area contributed by atoms with Crippen molar-refractivity contribution < 1.29 is 14.3 Å². The first-order valence-electron chi connectivity index (χ1n) is 6.20. The lowest BCUT2D eigenvalue weighted by Gasteiger charge is -2.03. The minimum atomic E-state index is -0.596. The number of ketones is 1. The fourth-order valence-electron chi connectivity index (χ4n) is 1.92. The van der Waals surface area contributed by atoms with E-state index in [1.807, 2.05) is 0 Å². The molecule has 0 saturated carbocycles. The number of hydrogen-bond donors (Lipinski definition) is 2. The van der Waals surface area contributed by atoms with Gasteiger partial charge in [0.05, 0.1) is 15.4 Å². The van der Waals surface area contributed by atoms with Crippen LogP contribution in [0, 0.1) is 0 Å². The van der Waals surface area contributed by atoms with Crippen LogP contribution in [0.1, 0.15) is 20.0 Å². The van der Waals surface area contributed by atoms with E-state index in [1.54, 1.807) is 18.2 Å². The van der Waals surface area contributed by atoms with Gasteiger partial charge in [-0.1, -0.05) is 11.6 Å². The van der Waals surface area contributed by atoms with Gasteiger partial charge in [-0.3, -0.25) is 4.79 Å². The quantitative estimate of drug-likeness (QED) is 0.566. The normalized spacial score (nSPS) is 10.8. The van der Waals surface area contributed by atoms with E-state index >= 15 is 0 Å². The number of Topliss-reactive ketones (excluding diaryl/α,β-unsaturated/α-hetero) is 1. The number of carbonyl (C=O) groups is 2. The predicted molar refractivity (Wildman–Crippen MR) is 82.9 cm³/mol. The molecular weight excluding hydrogens is 328 g/mol. The van der Waals surface area contributed by atoms with Crippen LogP contribution in [0.5, 0.6) is 0 Å². The maximum absolute atomic E-state index is 12.0. The molecule has 0 fully saturated rings. The lowest BCUT2D eigenvalue weighted by atomic mass is 10.1. The molecule has 2 N–H and O–H groups in total. The lowest BCUT2D eigenvalue weighted by molar-refractivity contribution is 0.0479. The van der Waals surface area contributed by atoms with Crippen LogP contribution in [0.2, 0.25) is 4.34 Å². The first-order chi connectivity index (χ1) is 10.5. The minimum absolute atomic E-state index is 0.336. The fraction of sp³-hybridized carbons (Fsp3) is 0.0714. The van der Waals surface area contributed by atoms with Crippen molar-refractivity contribution in [2.45, 2.75) is 0 Å². The molecule has 0 amide bonds. The standard InChI is InChI=1S/C14H9ClN2O4S/c15-12-4-3-11(22-12)13(19)21-6-10(18)7-1-2-8-9(5-7)17-14(20)16-8/h1-5H,6H2,(H2,16,17,20). The molecule has 0 aliphatic rings. The third-order valence-electron chi connectivity index (χ3n) is 2.95. The number of hydrogen-bond acceptors (Lipinski definition) is 5. The van der Waals surface area contributed by atoms with E-state index in [0.29, 0.717) is 25.8 Å². The van der Waals surface area contributed by atoms with Crippen LogP contribution in [0.15, 0.2) is 35.1 Å². The van der Waals surface area contributed by atoms with Crippen LogP contribution < -0.4 is 5.69 Å². The van der Waals surface area contributed by atoms with Crippen molar-refractivity contribution in [1.29, 1.82) is 0 Å². The van der Waals surface area contributed by atoms with Gasteiger partial charge in [-0.05, 0) is 30.3 Å². The van der Waals surface area contributed by atoms with E-state index in [-0.39, 0.29) is 18.1 Å². The van der Waals surface area contributed by atoms with E-state index in [0.717, 1.165) is 11.3 Å². The summed E-state index contributed by atoms with van der Waals surface area (Å²) in [4.78, 5) is 40.4. The molecular formula is C14H9ClN2O4S. The Morgan fingerprint density at radius 2 is 1.91 bits per heavy atom. The summed E-state index contributed by atoms with van der Waals surface area (Å²) in [6.45, 7) is -0.380. The highest BCUT2D eigenvalue weighted by Gasteiger charge is 2.14. The molecule has 6 nitrogen and oxygen atoms in total. The first-order valence-corrected chi connectivity index (χ1v) is 7.40. The zero-order chi connectivity index (χ0) is 15.7. The average molecular weight is 337 g/mol. The van der Waals surface area contributed by atoms with E-state index in [1.165, 1.54) is 12.1 Å². The van der Waals surface area contributed by atoms with Crippen LogP contribution in [0.4, 0.5) is 0 Å². The van der Waals surface area contributed by atoms with Gasteiger partial charge < -0.3 is 14.7 Å². The number of rotatable bonds is 4. The molecule has 0 aliphatic heterocycles. The smallest absolute Gasteiger partial charge is 0.348 e. The van der Waals surface area contributed by atoms with E-state index in [2.05, 4.69) is 9.97 Å². The first kappa shape index (κ1) is 14.6. The van der Waals surface area contributed by atoms with Gasteiger partial charge in [0.25, 0.3) is 0 Å². The second-order valence-electron chi connectivity index (χ2n) is 4.44. The second kappa shape index (κ2) is 5.78. The molecule has 3 rings (SSSR count). The number of esters is 1. The highest BCUT2D eigenvalue weighted by molar-refractivity contribution is 7.17. The van der Waals surface area contributed by atoms with Gasteiger partial charge in [0, 0.05) is 5.56 Å². The molecule has 0 atom stereocenters. The molecule has 0 unspecified atom stereocenters. The van der Waals surface area contributed by atoms with E-state index < -0.39 is 5.97 Å². The Morgan fingerprint density at radius 3 is 2.64 bits per heavy atom. The molecule has 112 valence electrons. The highest BCUT2D eigenvalue weighted by atomic mass is 35.5. The van der Waals surface area contributed by atoms with Crippen molar-refractivity contribution in [1.82, 2.24) is 9.97 Å². The Morgan fingerprint density at radius 1 is 1.14 bits per heavy atom. The van der Waals surface area contributed by atoms with E-state index in [4.69, 9.17) is 16.3 Å². The van der Waals surface area contributed by atoms with Gasteiger partial charge in [-0.15, -0.1) is 11.3 Å². The van der Waals surface area contributed by atoms with Crippen LogP contribution in [-0.4, -0.2) is 28.3 Å². The number of aromatic amines is 2. The third-order valence-corrected chi connectivity index (χ3v) is 4.16. The van der Waals surface area contributed by atoms with Gasteiger partial charge in [0.1, 0.15) is 4.88 Å². The van der Waals surface area contributed by atoms with Gasteiger partial charge in [-0.25, -0.2) is 9.59 Å². The summed E-state index contributed by atoms with van der Waals surface area (Å²) in [6.07, 6.45) is 0. The molecule has 2 aromatic heterocycles. The summed E-state index contributed by atoms with van der Waals surface area (Å²) in [5.41, 5.74) is 1.12. The zero-order valence-electron chi connectivity index (χ0n) is 11.0. The number of halogens is 1. The molecule has 8 heteroatoms. The number of aromatic nitrogens is 2. The third kappa shape index (κ3) is 2.95. The molecule has 0 saturated heterocycles. The average Bonchev–Trinajstić information content (AvgIpc) is 3.08. The molecule has 0 spiro atoms. The maximum atomic E-state index is 12.0. The number of benzene rings is 1. The molecule has 2 heterocycles. The number of fused-ring (bicyclic) bond motifs is 1. The number of H-pyrrole nitrogens is 2. The summed E-state index contributed by atoms with van der Waals surface area (Å²) >= 11 is 6.82. The van der Waals surface area contributed by atoms with Gasteiger partial charge in [0.15, 0.2) is 12.4 Å². The number of nitrogens with one attached hydrogen (secondary N) is 2. The van der Waals surface area contributed by atoms with Gasteiger partial charge in [-0.2, -0.15) is 0 Å². The van der Waals surface area contributed by atoms with Crippen molar-refractivity contribution in [3.05, 3.63) is 55.6 Å². The number of imidazole rings is 1. The summed E-state index contributed by atoms with van der Waals surface area (Å²) in [6, 6.07) is 7.83. The minimum Gasteiger partial charge on any atom is -0.453 e. The zero-order valence-corrected chi connectivity index (χ0v) is 12.6. The maximum Gasteiger partial charge on any atom is 0.348 e. The van der Waals surface area contributed by atoms with Crippen molar-refractivity contribution in [3.8, 4) is 0 Å². The largest absolute Gasteiger partial charge is 0.453 e. The van der Waals surface area contributed by atoms with Crippen LogP contribution in [-0.2, 0) is 4.74 Å². The molecule has 0 aliphatic carbocycles. The monoisotopic (exact) mass is 336 g/mol. The van der Waals surface area contributed by atoms with Crippen molar-refractivity contribution in [3.63, 3.8) is 0 Å². The number of carbonyl (C=O) groups excluding carboxylic acids is 2. The lowest BCUT2D eigenvalue weighted by Crippen LogP contribution is -2.13. The SMILES string of the molecule is O=C(COC(=O)c1ccc(Cl)s1)c1ccc2[nH]c(=O)[nH]c2c1. The number of ether oxygens (including phenoxy) is 1. The molecule has 0 radical (unpaired) electrons. The Balaban J connectivity index is 1.70. The Bertz CT molecular complexity index is 924. The van der Waals surface area contributed by atoms with Crippen LogP contribution in [0.3, 0.4) is 0 Å². The fourth-order valence-corrected chi connectivity index (χ4v) is 2.85. The van der Waals surface area contributed by atoms with Gasteiger partial charge >= 0.3 is 11.7 Å². The molecule has 1 aromatic carbocycles. The molecule has 3 aromatic rings. The molecule has 0 bridgehead atoms. The highest BCUT2D eigenvalue weighted by Crippen LogP contribution is 2.22. The topological polar surface area (TPSA) is 92.0 Å². The summed E-state index contributed by atoms with van der Waals surface area (Å²) in [5.74, 6) is -0.957. The van der Waals surface area contributed by atoms with Gasteiger partial charge in [0.2, 0.25) is 0 Å². The Hall–Kier alpha value is -2.38. The Labute approximate surface area is 132 Å². The second-order valence-corrected chi connectivity index (χ2v) is 6.16. The van der Waals surface area contributed by atoms with E-state index in [9.17, 15) is 14.4 Å². The number of thiophene rings is 1. The summed E-state index contributed by atoms with van der Waals surface area (Å²) < 4.78 is 5.43. The van der Waals surface area contributed by atoms with Crippen molar-refractivity contribution in [2.75, 3.05) is 6.61 Å². The van der Waals surface area contributed by atoms with Crippen molar-refractivity contribution in [2.24, 2.45) is 0 Å². The summed E-state index contributed by atoms with van der Waals surface area (Å²) in [5, 5.41) is 0. The summed E-state index contributed by atoms with van der Waals surface area (Å²) in [7, 11) is 0. The Kier molecular flexibility index (Phi) is 3.82. The van der Waals surface area contributed by atoms with Crippen molar-refractivity contribution >= 4 is 45.7 Å². The molecule has 22 heavy (non-hydrogen) atoms.